The summed E-state index contributed by atoms with van der Waals surface area (Å²) >= 11 is 1.70. The van der Waals surface area contributed by atoms with Crippen LogP contribution < -0.4 is 4.74 Å². The molecular formula is C18H17NO2S. The normalized spacial score (nSPS) is 10.0. The van der Waals surface area contributed by atoms with Crippen LogP contribution >= 0.6 is 11.8 Å². The highest BCUT2D eigenvalue weighted by atomic mass is 32.2. The molecule has 0 saturated heterocycles. The lowest BCUT2D eigenvalue weighted by Gasteiger charge is -2.10. The van der Waals surface area contributed by atoms with E-state index in [9.17, 15) is 4.79 Å². The number of nitrogens with zero attached hydrogens (tertiary/aromatic N) is 1. The maximum Gasteiger partial charge on any atom is 0.159 e. The van der Waals surface area contributed by atoms with Crippen molar-refractivity contribution in [1.29, 1.82) is 5.26 Å². The zero-order chi connectivity index (χ0) is 15.9. The Labute approximate surface area is 134 Å². The minimum absolute atomic E-state index is 0.0451. The minimum atomic E-state index is 0.0451. The molecule has 0 aliphatic rings. The largest absolute Gasteiger partial charge is 0.496 e. The van der Waals surface area contributed by atoms with Gasteiger partial charge in [0.25, 0.3) is 0 Å². The van der Waals surface area contributed by atoms with Gasteiger partial charge in [-0.05, 0) is 36.8 Å². The molecule has 0 heterocycles. The molecule has 3 nitrogen and oxygen atoms in total. The van der Waals surface area contributed by atoms with Gasteiger partial charge in [0.1, 0.15) is 5.75 Å². The molecule has 0 aromatic heterocycles. The van der Waals surface area contributed by atoms with Crippen LogP contribution in [0.1, 0.15) is 34.0 Å². The number of carbonyl (C=O) groups is 1. The summed E-state index contributed by atoms with van der Waals surface area (Å²) in [5.74, 6) is 2.30. The summed E-state index contributed by atoms with van der Waals surface area (Å²) < 4.78 is 5.35. The van der Waals surface area contributed by atoms with E-state index in [0.717, 1.165) is 28.4 Å². The molecule has 2 aromatic rings. The molecule has 0 bridgehead atoms. The van der Waals surface area contributed by atoms with Crippen LogP contribution in [0.5, 0.6) is 5.75 Å². The molecule has 0 atom stereocenters. The summed E-state index contributed by atoms with van der Waals surface area (Å²) in [5, 5.41) is 9.10. The van der Waals surface area contributed by atoms with Gasteiger partial charge >= 0.3 is 0 Å². The van der Waals surface area contributed by atoms with Crippen LogP contribution in [0.3, 0.4) is 0 Å². The topological polar surface area (TPSA) is 50.1 Å². The Bertz CT molecular complexity index is 719. The molecule has 0 saturated carbocycles. The molecule has 0 spiro atoms. The first kappa shape index (κ1) is 16.1. The molecule has 0 aliphatic heterocycles. The number of thioether (sulfide) groups is 1. The fraction of sp³-hybridized carbons (Fsp3) is 0.222. The zero-order valence-electron chi connectivity index (χ0n) is 12.6. The summed E-state index contributed by atoms with van der Waals surface area (Å²) in [6.45, 7) is 1.56. The SMILES string of the molecule is COc1ccc(C(C)=O)cc1CSCc1ccccc1C#N. The van der Waals surface area contributed by atoms with Gasteiger partial charge in [-0.15, -0.1) is 0 Å². The molecule has 0 amide bonds. The number of nitriles is 1. The standard InChI is InChI=1S/C18H17NO2S/c1-13(20)14-7-8-18(21-2)17(9-14)12-22-11-16-6-4-3-5-15(16)10-19/h3-9H,11-12H2,1-2H3. The van der Waals surface area contributed by atoms with Crippen LogP contribution in [0.4, 0.5) is 0 Å². The van der Waals surface area contributed by atoms with E-state index in [1.807, 2.05) is 36.4 Å². The fourth-order valence-electron chi connectivity index (χ4n) is 2.14. The molecule has 0 unspecified atom stereocenters. The van der Waals surface area contributed by atoms with Crippen LogP contribution in [0, 0.1) is 11.3 Å². The Kier molecular flexibility index (Phi) is 5.62. The Balaban J connectivity index is 2.09. The molecule has 112 valence electrons. The molecule has 4 heteroatoms. The summed E-state index contributed by atoms with van der Waals surface area (Å²) in [6.07, 6.45) is 0. The number of benzene rings is 2. The lowest BCUT2D eigenvalue weighted by atomic mass is 10.1. The zero-order valence-corrected chi connectivity index (χ0v) is 13.4. The van der Waals surface area contributed by atoms with Crippen molar-refractivity contribution in [1.82, 2.24) is 0 Å². The van der Waals surface area contributed by atoms with E-state index in [2.05, 4.69) is 6.07 Å². The van der Waals surface area contributed by atoms with Crippen LogP contribution in [0.15, 0.2) is 42.5 Å². The van der Waals surface area contributed by atoms with Gasteiger partial charge in [-0.3, -0.25) is 4.79 Å². The van der Waals surface area contributed by atoms with Gasteiger partial charge in [0, 0.05) is 22.6 Å². The van der Waals surface area contributed by atoms with Crippen molar-refractivity contribution in [3.8, 4) is 11.8 Å². The number of carbonyl (C=O) groups excluding carboxylic acids is 1. The van der Waals surface area contributed by atoms with E-state index in [1.165, 1.54) is 0 Å². The van der Waals surface area contributed by atoms with Gasteiger partial charge in [-0.2, -0.15) is 17.0 Å². The predicted molar refractivity (Wildman–Crippen MR) is 89.2 cm³/mol. The van der Waals surface area contributed by atoms with E-state index in [1.54, 1.807) is 31.9 Å². The van der Waals surface area contributed by atoms with Crippen molar-refractivity contribution in [3.05, 3.63) is 64.7 Å². The fourth-order valence-corrected chi connectivity index (χ4v) is 3.16. The average Bonchev–Trinajstić information content (AvgIpc) is 2.55. The van der Waals surface area contributed by atoms with Crippen molar-refractivity contribution in [2.75, 3.05) is 7.11 Å². The molecule has 0 N–H and O–H groups in total. The Hall–Kier alpha value is -2.25. The smallest absolute Gasteiger partial charge is 0.159 e. The van der Waals surface area contributed by atoms with Gasteiger partial charge in [0.15, 0.2) is 5.78 Å². The van der Waals surface area contributed by atoms with E-state index in [-0.39, 0.29) is 5.78 Å². The van der Waals surface area contributed by atoms with Crippen LogP contribution in [-0.4, -0.2) is 12.9 Å². The first-order chi connectivity index (χ1) is 10.7. The third-order valence-corrected chi connectivity index (χ3v) is 4.37. The molecule has 2 rings (SSSR count). The van der Waals surface area contributed by atoms with Crippen molar-refractivity contribution >= 4 is 17.5 Å². The van der Waals surface area contributed by atoms with Crippen molar-refractivity contribution in [2.45, 2.75) is 18.4 Å². The van der Waals surface area contributed by atoms with Crippen molar-refractivity contribution in [2.24, 2.45) is 0 Å². The second kappa shape index (κ2) is 7.67. The van der Waals surface area contributed by atoms with Gasteiger partial charge in [-0.25, -0.2) is 0 Å². The highest BCUT2D eigenvalue weighted by Crippen LogP contribution is 2.27. The average molecular weight is 311 g/mol. The highest BCUT2D eigenvalue weighted by molar-refractivity contribution is 7.97. The summed E-state index contributed by atoms with van der Waals surface area (Å²) in [4.78, 5) is 11.5. The van der Waals surface area contributed by atoms with Gasteiger partial charge in [-0.1, -0.05) is 18.2 Å². The number of hydrogen-bond acceptors (Lipinski definition) is 4. The molecule has 0 aliphatic carbocycles. The maximum absolute atomic E-state index is 11.5. The third-order valence-electron chi connectivity index (χ3n) is 3.34. The van der Waals surface area contributed by atoms with Crippen molar-refractivity contribution in [3.63, 3.8) is 0 Å². The molecule has 2 aromatic carbocycles. The predicted octanol–water partition coefficient (Wildman–Crippen LogP) is 4.20. The van der Waals surface area contributed by atoms with Crippen LogP contribution in [-0.2, 0) is 11.5 Å². The minimum Gasteiger partial charge on any atom is -0.496 e. The number of ether oxygens (including phenoxy) is 1. The molecule has 22 heavy (non-hydrogen) atoms. The van der Waals surface area contributed by atoms with E-state index < -0.39 is 0 Å². The van der Waals surface area contributed by atoms with E-state index >= 15 is 0 Å². The quantitative estimate of drug-likeness (QED) is 0.750. The monoisotopic (exact) mass is 311 g/mol. The number of hydrogen-bond donors (Lipinski definition) is 0. The summed E-state index contributed by atoms with van der Waals surface area (Å²) in [6, 6.07) is 15.3. The van der Waals surface area contributed by atoms with Crippen LogP contribution in [0.25, 0.3) is 0 Å². The molecule has 0 radical (unpaired) electrons. The maximum atomic E-state index is 11.5. The van der Waals surface area contributed by atoms with E-state index in [4.69, 9.17) is 10.00 Å². The second-order valence-corrected chi connectivity index (χ2v) is 5.83. The van der Waals surface area contributed by atoms with E-state index in [0.29, 0.717) is 11.1 Å². The van der Waals surface area contributed by atoms with Gasteiger partial charge < -0.3 is 4.74 Å². The number of rotatable bonds is 6. The third kappa shape index (κ3) is 3.90. The summed E-state index contributed by atoms with van der Waals surface area (Å²) in [7, 11) is 1.63. The summed E-state index contributed by atoms with van der Waals surface area (Å²) in [5.41, 5.74) is 3.42. The first-order valence-corrected chi connectivity index (χ1v) is 8.04. The number of Topliss-reactive ketones (excluding diaryl/α,β-unsaturated/α-hetero) is 1. The first-order valence-electron chi connectivity index (χ1n) is 6.89. The number of ketones is 1. The lowest BCUT2D eigenvalue weighted by molar-refractivity contribution is 0.101. The van der Waals surface area contributed by atoms with Crippen LogP contribution in [0.2, 0.25) is 0 Å². The number of methoxy groups -OCH3 is 1. The lowest BCUT2D eigenvalue weighted by Crippen LogP contribution is -1.97. The Morgan fingerprint density at radius 3 is 2.59 bits per heavy atom. The van der Waals surface area contributed by atoms with Crippen molar-refractivity contribution < 1.29 is 9.53 Å². The molecular weight excluding hydrogens is 294 g/mol. The highest BCUT2D eigenvalue weighted by Gasteiger charge is 2.08. The molecule has 0 fully saturated rings. The Morgan fingerprint density at radius 1 is 1.18 bits per heavy atom. The second-order valence-electron chi connectivity index (χ2n) is 4.84. The Morgan fingerprint density at radius 2 is 1.91 bits per heavy atom. The van der Waals surface area contributed by atoms with Gasteiger partial charge in [0.05, 0.1) is 18.7 Å². The van der Waals surface area contributed by atoms with Gasteiger partial charge in [0.2, 0.25) is 0 Å².